The maximum absolute atomic E-state index is 12.2. The van der Waals surface area contributed by atoms with Crippen LogP contribution in [-0.2, 0) is 14.3 Å². The molecule has 0 spiro atoms. The Bertz CT molecular complexity index is 730. The molecule has 2 aliphatic rings. The molecular weight excluding hydrogens is 378 g/mol. The first-order valence-electron chi connectivity index (χ1n) is 10.2. The van der Waals surface area contributed by atoms with Crippen LogP contribution in [-0.4, -0.2) is 52.8 Å². The topological polar surface area (TPSA) is 129 Å². The van der Waals surface area contributed by atoms with Crippen LogP contribution in [0.1, 0.15) is 52.4 Å². The van der Waals surface area contributed by atoms with Gasteiger partial charge < -0.3 is 20.1 Å². The summed E-state index contributed by atoms with van der Waals surface area (Å²) in [7, 11) is 0. The highest BCUT2D eigenvalue weighted by Gasteiger charge is 2.39. The summed E-state index contributed by atoms with van der Waals surface area (Å²) in [5.74, 6) is 0.413. The quantitative estimate of drug-likeness (QED) is 0.398. The van der Waals surface area contributed by atoms with Crippen molar-refractivity contribution in [3.8, 4) is 0 Å². The van der Waals surface area contributed by atoms with E-state index in [1.54, 1.807) is 6.92 Å². The predicted octanol–water partition coefficient (Wildman–Crippen LogP) is 2.90. The third kappa shape index (κ3) is 5.31. The van der Waals surface area contributed by atoms with Crippen molar-refractivity contribution in [1.82, 2.24) is 9.97 Å². The molecule has 0 unspecified atom stereocenters. The van der Waals surface area contributed by atoms with Crippen molar-refractivity contribution in [3.05, 3.63) is 16.3 Å². The van der Waals surface area contributed by atoms with Crippen LogP contribution in [0, 0.1) is 15.5 Å². The molecule has 160 valence electrons. The Morgan fingerprint density at radius 1 is 1.28 bits per heavy atom. The minimum Gasteiger partial charge on any atom is -0.466 e. The standard InChI is InChI=1S/C19H29N5O5/c1-3-29-17(25)19(2)8-4-13(5-9-19)21-16-15(24(26)27)12-20-18(23-16)22-14-6-10-28-11-7-14/h12-14H,3-11H2,1-2H3,(H2,20,21,22,23)/t13-,19-. The molecule has 0 atom stereocenters. The van der Waals surface area contributed by atoms with E-state index in [-0.39, 0.29) is 29.6 Å². The van der Waals surface area contributed by atoms with E-state index in [2.05, 4.69) is 20.6 Å². The highest BCUT2D eigenvalue weighted by atomic mass is 16.6. The monoisotopic (exact) mass is 407 g/mol. The first-order chi connectivity index (χ1) is 13.9. The van der Waals surface area contributed by atoms with Crippen molar-refractivity contribution in [2.45, 2.75) is 64.5 Å². The molecule has 10 heteroatoms. The van der Waals surface area contributed by atoms with Crippen LogP contribution in [0.25, 0.3) is 0 Å². The molecule has 2 N–H and O–H groups in total. The highest BCUT2D eigenvalue weighted by Crippen LogP contribution is 2.38. The minimum atomic E-state index is -0.498. The number of hydrogen-bond donors (Lipinski definition) is 2. The molecule has 0 bridgehead atoms. The lowest BCUT2D eigenvalue weighted by atomic mass is 9.74. The molecule has 2 fully saturated rings. The number of ether oxygens (including phenoxy) is 2. The van der Waals surface area contributed by atoms with Crippen molar-refractivity contribution in [1.29, 1.82) is 0 Å². The van der Waals surface area contributed by atoms with Crippen LogP contribution in [0.15, 0.2) is 6.20 Å². The van der Waals surface area contributed by atoms with Crippen LogP contribution in [0.4, 0.5) is 17.5 Å². The molecule has 1 aromatic rings. The van der Waals surface area contributed by atoms with Crippen LogP contribution in [0.2, 0.25) is 0 Å². The van der Waals surface area contributed by atoms with E-state index < -0.39 is 10.3 Å². The van der Waals surface area contributed by atoms with Gasteiger partial charge >= 0.3 is 11.7 Å². The fourth-order valence-electron chi connectivity index (χ4n) is 3.81. The van der Waals surface area contributed by atoms with Gasteiger partial charge in [-0.2, -0.15) is 4.98 Å². The molecular formula is C19H29N5O5. The Hall–Kier alpha value is -2.49. The summed E-state index contributed by atoms with van der Waals surface area (Å²) in [4.78, 5) is 31.6. The molecule has 0 radical (unpaired) electrons. The van der Waals surface area contributed by atoms with Gasteiger partial charge in [0.2, 0.25) is 11.8 Å². The van der Waals surface area contributed by atoms with E-state index in [4.69, 9.17) is 9.47 Å². The third-order valence-electron chi connectivity index (χ3n) is 5.72. The van der Waals surface area contributed by atoms with Crippen LogP contribution in [0.3, 0.4) is 0 Å². The minimum absolute atomic E-state index is 0.00188. The van der Waals surface area contributed by atoms with Crippen molar-refractivity contribution in [2.24, 2.45) is 5.41 Å². The number of hydrogen-bond acceptors (Lipinski definition) is 9. The van der Waals surface area contributed by atoms with E-state index in [9.17, 15) is 14.9 Å². The first kappa shape index (κ1) is 21.2. The van der Waals surface area contributed by atoms with Gasteiger partial charge in [-0.25, -0.2) is 4.98 Å². The molecule has 0 aromatic carbocycles. The number of nitro groups is 1. The van der Waals surface area contributed by atoms with Gasteiger partial charge in [0.25, 0.3) is 0 Å². The zero-order valence-corrected chi connectivity index (χ0v) is 17.0. The molecule has 29 heavy (non-hydrogen) atoms. The summed E-state index contributed by atoms with van der Waals surface area (Å²) < 4.78 is 10.5. The Kier molecular flexibility index (Phi) is 6.83. The van der Waals surface area contributed by atoms with E-state index >= 15 is 0 Å². The zero-order valence-electron chi connectivity index (χ0n) is 17.0. The molecule has 2 heterocycles. The van der Waals surface area contributed by atoms with Gasteiger partial charge in [0.1, 0.15) is 6.20 Å². The largest absolute Gasteiger partial charge is 0.466 e. The van der Waals surface area contributed by atoms with Crippen molar-refractivity contribution in [3.63, 3.8) is 0 Å². The van der Waals surface area contributed by atoms with Crippen molar-refractivity contribution < 1.29 is 19.2 Å². The number of aromatic nitrogens is 2. The fourth-order valence-corrected chi connectivity index (χ4v) is 3.81. The Morgan fingerprint density at radius 2 is 1.93 bits per heavy atom. The van der Waals surface area contributed by atoms with E-state index in [1.165, 1.54) is 6.20 Å². The summed E-state index contributed by atoms with van der Waals surface area (Å²) in [5.41, 5.74) is -0.650. The number of esters is 1. The number of nitrogens with one attached hydrogen (secondary N) is 2. The second-order valence-corrected chi connectivity index (χ2v) is 7.92. The van der Waals surface area contributed by atoms with Gasteiger partial charge in [0.15, 0.2) is 0 Å². The van der Waals surface area contributed by atoms with Crippen molar-refractivity contribution >= 4 is 23.4 Å². The smallest absolute Gasteiger partial charge is 0.329 e. The molecule has 0 amide bonds. The molecule has 1 saturated carbocycles. The SMILES string of the molecule is CCOC(=O)[C@]1(C)CC[C@@H](Nc2nc(NC3CCOCC3)ncc2[N+](=O)[O-])CC1. The molecule has 1 saturated heterocycles. The normalized spacial score (nSPS) is 25.2. The summed E-state index contributed by atoms with van der Waals surface area (Å²) >= 11 is 0. The predicted molar refractivity (Wildman–Crippen MR) is 107 cm³/mol. The average Bonchev–Trinajstić information content (AvgIpc) is 2.71. The fraction of sp³-hybridized carbons (Fsp3) is 0.737. The number of rotatable bonds is 7. The molecule has 1 aliphatic carbocycles. The van der Waals surface area contributed by atoms with Crippen LogP contribution < -0.4 is 10.6 Å². The van der Waals surface area contributed by atoms with Gasteiger partial charge in [-0.1, -0.05) is 0 Å². The van der Waals surface area contributed by atoms with E-state index in [0.717, 1.165) is 12.8 Å². The third-order valence-corrected chi connectivity index (χ3v) is 5.72. The van der Waals surface area contributed by atoms with Gasteiger partial charge in [-0.15, -0.1) is 0 Å². The van der Waals surface area contributed by atoms with Crippen molar-refractivity contribution in [2.75, 3.05) is 30.5 Å². The summed E-state index contributed by atoms with van der Waals surface area (Å²) in [6.07, 6.45) is 5.67. The lowest BCUT2D eigenvalue weighted by Gasteiger charge is -2.35. The average molecular weight is 407 g/mol. The second kappa shape index (κ2) is 9.34. The maximum Gasteiger partial charge on any atom is 0.329 e. The summed E-state index contributed by atoms with van der Waals surface area (Å²) in [5, 5.41) is 17.9. The molecule has 1 aliphatic heterocycles. The van der Waals surface area contributed by atoms with E-state index in [1.807, 2.05) is 6.92 Å². The van der Waals surface area contributed by atoms with Crippen LogP contribution in [0.5, 0.6) is 0 Å². The molecule has 3 rings (SSSR count). The Balaban J connectivity index is 1.66. The first-order valence-corrected chi connectivity index (χ1v) is 10.2. The number of carbonyl (C=O) groups excluding carboxylic acids is 1. The maximum atomic E-state index is 12.2. The highest BCUT2D eigenvalue weighted by molar-refractivity contribution is 5.76. The zero-order chi connectivity index (χ0) is 20.9. The summed E-state index contributed by atoms with van der Waals surface area (Å²) in [6, 6.07) is 0.194. The lowest BCUT2D eigenvalue weighted by Crippen LogP contribution is -2.38. The number of carbonyl (C=O) groups is 1. The molecule has 10 nitrogen and oxygen atoms in total. The summed E-state index contributed by atoms with van der Waals surface area (Å²) in [6.45, 7) is 5.44. The number of anilines is 2. The van der Waals surface area contributed by atoms with Gasteiger partial charge in [-0.3, -0.25) is 14.9 Å². The van der Waals surface area contributed by atoms with E-state index in [0.29, 0.717) is 51.5 Å². The number of nitrogens with zero attached hydrogens (tertiary/aromatic N) is 3. The van der Waals surface area contributed by atoms with Gasteiger partial charge in [-0.05, 0) is 52.4 Å². The Labute approximate surface area is 169 Å². The van der Waals surface area contributed by atoms with Crippen LogP contribution >= 0.6 is 0 Å². The van der Waals surface area contributed by atoms with Gasteiger partial charge in [0, 0.05) is 25.3 Å². The second-order valence-electron chi connectivity index (χ2n) is 7.92. The van der Waals surface area contributed by atoms with Gasteiger partial charge in [0.05, 0.1) is 16.9 Å². The lowest BCUT2D eigenvalue weighted by molar-refractivity contribution is -0.384. The molecule has 1 aromatic heterocycles. The Morgan fingerprint density at radius 3 is 2.55 bits per heavy atom.